The molecule has 1 amide bonds. The van der Waals surface area contributed by atoms with Crippen molar-refractivity contribution in [3.63, 3.8) is 0 Å². The molecule has 2 nitrogen and oxygen atoms in total. The molecule has 2 aliphatic rings. The van der Waals surface area contributed by atoms with Crippen molar-refractivity contribution in [3.05, 3.63) is 0 Å². The van der Waals surface area contributed by atoms with Gasteiger partial charge in [0.1, 0.15) is 0 Å². The van der Waals surface area contributed by atoms with E-state index in [1.54, 1.807) is 6.92 Å². The van der Waals surface area contributed by atoms with Crippen LogP contribution in [-0.4, -0.2) is 23.9 Å². The number of carbonyl (C=O) groups is 1. The maximum absolute atomic E-state index is 11.2. The summed E-state index contributed by atoms with van der Waals surface area (Å²) < 4.78 is 0. The van der Waals surface area contributed by atoms with Gasteiger partial charge in [-0.2, -0.15) is 0 Å². The van der Waals surface area contributed by atoms with Crippen molar-refractivity contribution in [3.8, 4) is 0 Å². The molecule has 0 bridgehead atoms. The Morgan fingerprint density at radius 3 is 2.12 bits per heavy atom. The van der Waals surface area contributed by atoms with Gasteiger partial charge in [0, 0.05) is 20.0 Å². The average Bonchev–Trinajstić information content (AvgIpc) is 2.31. The lowest BCUT2D eigenvalue weighted by Crippen LogP contribution is -2.50. The van der Waals surface area contributed by atoms with Gasteiger partial charge >= 0.3 is 0 Å². The minimum absolute atomic E-state index is 0.257. The summed E-state index contributed by atoms with van der Waals surface area (Å²) in [6.07, 6.45) is 6.68. The minimum atomic E-state index is 0.257. The van der Waals surface area contributed by atoms with E-state index >= 15 is 0 Å². The van der Waals surface area contributed by atoms with Gasteiger partial charge in [0.15, 0.2) is 0 Å². The first kappa shape index (κ1) is 13.5. The number of amides is 1. The summed E-state index contributed by atoms with van der Waals surface area (Å²) >= 11 is 0. The minimum Gasteiger partial charge on any atom is -0.343 e. The van der Waals surface area contributed by atoms with Crippen LogP contribution in [0.4, 0.5) is 0 Å². The fourth-order valence-corrected chi connectivity index (χ4v) is 3.32. The van der Waals surface area contributed by atoms with Crippen LogP contribution in [0.5, 0.6) is 0 Å². The van der Waals surface area contributed by atoms with Gasteiger partial charge in [-0.15, -0.1) is 0 Å². The number of likely N-dealkylation sites (tertiary alicyclic amines) is 1. The molecule has 1 heterocycles. The van der Waals surface area contributed by atoms with Gasteiger partial charge in [-0.05, 0) is 37.0 Å². The van der Waals surface area contributed by atoms with E-state index in [1.807, 2.05) is 18.7 Å². The number of carbonyl (C=O) groups excluding carboxylic acids is 1. The molecule has 0 radical (unpaired) electrons. The lowest BCUT2D eigenvalue weighted by molar-refractivity contribution is -0.134. The molecule has 1 unspecified atom stereocenters. The van der Waals surface area contributed by atoms with Gasteiger partial charge in [-0.3, -0.25) is 4.79 Å². The molecule has 1 aliphatic heterocycles. The standard InChI is InChI=1S/C12H21NO.C2H6/c1-3-11-4-5-12(11)6-8-13(9-7-12)10(2)14;1-2/h11H,3-9H2,1-2H3;1-2H3. The summed E-state index contributed by atoms with van der Waals surface area (Å²) in [5.41, 5.74) is 0.640. The van der Waals surface area contributed by atoms with Crippen molar-refractivity contribution in [1.29, 1.82) is 0 Å². The first-order valence-corrected chi connectivity index (χ1v) is 6.93. The molecule has 1 atom stereocenters. The van der Waals surface area contributed by atoms with E-state index in [4.69, 9.17) is 0 Å². The van der Waals surface area contributed by atoms with E-state index in [-0.39, 0.29) is 5.91 Å². The summed E-state index contributed by atoms with van der Waals surface area (Å²) in [5.74, 6) is 1.21. The largest absolute Gasteiger partial charge is 0.343 e. The van der Waals surface area contributed by atoms with Crippen molar-refractivity contribution in [2.75, 3.05) is 13.1 Å². The van der Waals surface area contributed by atoms with E-state index < -0.39 is 0 Å². The Morgan fingerprint density at radius 2 is 1.81 bits per heavy atom. The second kappa shape index (κ2) is 5.70. The predicted molar refractivity (Wildman–Crippen MR) is 68.3 cm³/mol. The number of hydrogen-bond acceptors (Lipinski definition) is 1. The first-order valence-electron chi connectivity index (χ1n) is 6.93. The van der Waals surface area contributed by atoms with E-state index in [0.717, 1.165) is 19.0 Å². The highest BCUT2D eigenvalue weighted by Crippen LogP contribution is 2.54. The normalized spacial score (nSPS) is 26.8. The third-order valence-corrected chi connectivity index (χ3v) is 4.55. The van der Waals surface area contributed by atoms with Crippen molar-refractivity contribution >= 4 is 5.91 Å². The van der Waals surface area contributed by atoms with Crippen molar-refractivity contribution in [1.82, 2.24) is 4.90 Å². The van der Waals surface area contributed by atoms with Crippen molar-refractivity contribution in [2.24, 2.45) is 11.3 Å². The molecule has 94 valence electrons. The van der Waals surface area contributed by atoms with E-state index in [1.165, 1.54) is 32.1 Å². The summed E-state index contributed by atoms with van der Waals surface area (Å²) in [5, 5.41) is 0. The van der Waals surface area contributed by atoms with Gasteiger partial charge in [0.05, 0.1) is 0 Å². The lowest BCUT2D eigenvalue weighted by atomic mass is 9.55. The molecule has 2 fully saturated rings. The van der Waals surface area contributed by atoms with Gasteiger partial charge < -0.3 is 4.90 Å². The van der Waals surface area contributed by atoms with E-state index in [9.17, 15) is 4.79 Å². The highest BCUT2D eigenvalue weighted by Gasteiger charge is 2.46. The Morgan fingerprint density at radius 1 is 1.25 bits per heavy atom. The third-order valence-electron chi connectivity index (χ3n) is 4.55. The van der Waals surface area contributed by atoms with Crippen LogP contribution in [0.3, 0.4) is 0 Å². The second-order valence-corrected chi connectivity index (χ2v) is 5.01. The Kier molecular flexibility index (Phi) is 4.82. The SMILES string of the molecule is CC.CCC1CCC12CCN(C(C)=O)CC2. The first-order chi connectivity index (χ1) is 7.68. The highest BCUT2D eigenvalue weighted by atomic mass is 16.2. The Balaban J connectivity index is 0.000000606. The van der Waals surface area contributed by atoms with Crippen LogP contribution >= 0.6 is 0 Å². The van der Waals surface area contributed by atoms with Gasteiger partial charge in [-0.1, -0.05) is 27.2 Å². The van der Waals surface area contributed by atoms with Crippen LogP contribution in [0.15, 0.2) is 0 Å². The molecule has 0 aromatic carbocycles. The number of hydrogen-bond donors (Lipinski definition) is 0. The molecular formula is C14H27NO. The van der Waals surface area contributed by atoms with Gasteiger partial charge in [0.2, 0.25) is 5.91 Å². The van der Waals surface area contributed by atoms with Crippen molar-refractivity contribution in [2.45, 2.75) is 59.8 Å². The van der Waals surface area contributed by atoms with Gasteiger partial charge in [-0.25, -0.2) is 0 Å². The van der Waals surface area contributed by atoms with Crippen molar-refractivity contribution < 1.29 is 4.79 Å². The highest BCUT2D eigenvalue weighted by molar-refractivity contribution is 5.73. The van der Waals surface area contributed by atoms with Crippen LogP contribution in [0.2, 0.25) is 0 Å². The Hall–Kier alpha value is -0.530. The molecule has 0 N–H and O–H groups in total. The van der Waals surface area contributed by atoms with Crippen LogP contribution in [0.1, 0.15) is 59.8 Å². The van der Waals surface area contributed by atoms with E-state index in [2.05, 4.69) is 6.92 Å². The zero-order chi connectivity index (χ0) is 12.2. The van der Waals surface area contributed by atoms with Crippen LogP contribution in [0, 0.1) is 11.3 Å². The maximum atomic E-state index is 11.2. The molecule has 16 heavy (non-hydrogen) atoms. The number of piperidine rings is 1. The third kappa shape index (κ3) is 2.41. The molecule has 1 saturated heterocycles. The molecule has 1 saturated carbocycles. The maximum Gasteiger partial charge on any atom is 0.219 e. The quantitative estimate of drug-likeness (QED) is 0.669. The molecule has 0 aromatic heterocycles. The molecule has 1 spiro atoms. The Labute approximate surface area is 100 Å². The number of nitrogens with zero attached hydrogens (tertiary/aromatic N) is 1. The fraction of sp³-hybridized carbons (Fsp3) is 0.929. The monoisotopic (exact) mass is 225 g/mol. The summed E-state index contributed by atoms with van der Waals surface area (Å²) in [6, 6.07) is 0. The molecule has 2 heteroatoms. The zero-order valence-electron chi connectivity index (χ0n) is 11.4. The van der Waals surface area contributed by atoms with Crippen LogP contribution < -0.4 is 0 Å². The topological polar surface area (TPSA) is 20.3 Å². The predicted octanol–water partition coefficient (Wildman–Crippen LogP) is 3.46. The molecule has 0 aromatic rings. The summed E-state index contributed by atoms with van der Waals surface area (Å²) in [6.45, 7) is 10.0. The summed E-state index contributed by atoms with van der Waals surface area (Å²) in [7, 11) is 0. The zero-order valence-corrected chi connectivity index (χ0v) is 11.4. The summed E-state index contributed by atoms with van der Waals surface area (Å²) in [4.78, 5) is 13.2. The van der Waals surface area contributed by atoms with Crippen LogP contribution in [-0.2, 0) is 4.79 Å². The second-order valence-electron chi connectivity index (χ2n) is 5.01. The smallest absolute Gasteiger partial charge is 0.219 e. The molecule has 1 aliphatic carbocycles. The van der Waals surface area contributed by atoms with Crippen LogP contribution in [0.25, 0.3) is 0 Å². The lowest BCUT2D eigenvalue weighted by Gasteiger charge is -2.54. The van der Waals surface area contributed by atoms with E-state index in [0.29, 0.717) is 5.41 Å². The average molecular weight is 225 g/mol. The van der Waals surface area contributed by atoms with Gasteiger partial charge in [0.25, 0.3) is 0 Å². The number of rotatable bonds is 1. The molecule has 2 rings (SSSR count). The Bertz CT molecular complexity index is 227. The fourth-order valence-electron chi connectivity index (χ4n) is 3.32. The molecular weight excluding hydrogens is 198 g/mol.